The van der Waals surface area contributed by atoms with Gasteiger partial charge < -0.3 is 5.11 Å². The summed E-state index contributed by atoms with van der Waals surface area (Å²) < 4.78 is 27.2. The molecule has 2 aromatic carbocycles. The Balaban J connectivity index is 2.18. The zero-order valence-electron chi connectivity index (χ0n) is 13.4. The predicted octanol–water partition coefficient (Wildman–Crippen LogP) is 4.15. The molecule has 126 valence electrons. The summed E-state index contributed by atoms with van der Waals surface area (Å²) in [7, 11) is -3.75. The van der Waals surface area contributed by atoms with Gasteiger partial charge in [-0.2, -0.15) is 0 Å². The summed E-state index contributed by atoms with van der Waals surface area (Å²) in [6.45, 7) is 3.85. The van der Waals surface area contributed by atoms with E-state index in [1.807, 2.05) is 12.1 Å². The van der Waals surface area contributed by atoms with E-state index in [0.29, 0.717) is 27.4 Å². The molecule has 24 heavy (non-hydrogen) atoms. The van der Waals surface area contributed by atoms with Gasteiger partial charge in [0.1, 0.15) is 0 Å². The lowest BCUT2D eigenvalue weighted by Gasteiger charge is -2.10. The summed E-state index contributed by atoms with van der Waals surface area (Å²) in [5.41, 5.74) is 2.10. The van der Waals surface area contributed by atoms with Crippen LogP contribution in [0.25, 0.3) is 10.9 Å². The highest BCUT2D eigenvalue weighted by atomic mass is 35.5. The molecule has 0 bridgehead atoms. The SMILES string of the molecule is CC(C)c1ccc(S(=O)(=O)n2cc(CO)c3cc(Cl)ccc32)cc1. The minimum atomic E-state index is -3.75. The molecule has 0 radical (unpaired) electrons. The Morgan fingerprint density at radius 3 is 2.38 bits per heavy atom. The van der Waals surface area contributed by atoms with Crippen LogP contribution in [0.5, 0.6) is 0 Å². The van der Waals surface area contributed by atoms with E-state index in [2.05, 4.69) is 13.8 Å². The summed E-state index contributed by atoms with van der Waals surface area (Å²) in [5.74, 6) is 0.331. The molecule has 0 amide bonds. The molecule has 0 saturated heterocycles. The second-order valence-corrected chi connectivity index (χ2v) is 8.25. The first kappa shape index (κ1) is 17.0. The third kappa shape index (κ3) is 2.83. The van der Waals surface area contributed by atoms with Crippen LogP contribution < -0.4 is 0 Å². The third-order valence-electron chi connectivity index (χ3n) is 4.09. The highest BCUT2D eigenvalue weighted by molar-refractivity contribution is 7.90. The van der Waals surface area contributed by atoms with Crippen molar-refractivity contribution in [2.24, 2.45) is 0 Å². The predicted molar refractivity (Wildman–Crippen MR) is 96.0 cm³/mol. The number of aliphatic hydroxyl groups is 1. The Labute approximate surface area is 146 Å². The van der Waals surface area contributed by atoms with Crippen molar-refractivity contribution in [2.45, 2.75) is 31.3 Å². The van der Waals surface area contributed by atoms with E-state index in [9.17, 15) is 13.5 Å². The van der Waals surface area contributed by atoms with Crippen LogP contribution in [0, 0.1) is 0 Å². The van der Waals surface area contributed by atoms with Gasteiger partial charge in [0, 0.05) is 22.2 Å². The van der Waals surface area contributed by atoms with Gasteiger partial charge in [-0.15, -0.1) is 0 Å². The molecule has 0 saturated carbocycles. The van der Waals surface area contributed by atoms with Crippen LogP contribution in [0.2, 0.25) is 5.02 Å². The Morgan fingerprint density at radius 1 is 1.12 bits per heavy atom. The van der Waals surface area contributed by atoms with Crippen LogP contribution in [-0.2, 0) is 16.6 Å². The van der Waals surface area contributed by atoms with Gasteiger partial charge in [-0.05, 0) is 41.8 Å². The molecule has 1 aromatic heterocycles. The highest BCUT2D eigenvalue weighted by Gasteiger charge is 2.21. The first-order chi connectivity index (χ1) is 11.3. The summed E-state index contributed by atoms with van der Waals surface area (Å²) in [4.78, 5) is 0.211. The maximum atomic E-state index is 13.0. The molecule has 0 aliphatic heterocycles. The van der Waals surface area contributed by atoms with Crippen LogP contribution in [-0.4, -0.2) is 17.5 Å². The fourth-order valence-corrected chi connectivity index (χ4v) is 4.26. The zero-order chi connectivity index (χ0) is 17.5. The van der Waals surface area contributed by atoms with E-state index in [4.69, 9.17) is 11.6 Å². The van der Waals surface area contributed by atoms with Crippen molar-refractivity contribution in [1.82, 2.24) is 3.97 Å². The zero-order valence-corrected chi connectivity index (χ0v) is 15.0. The van der Waals surface area contributed by atoms with Gasteiger partial charge in [-0.3, -0.25) is 0 Å². The molecule has 0 unspecified atom stereocenters. The third-order valence-corrected chi connectivity index (χ3v) is 6.01. The minimum absolute atomic E-state index is 0.211. The fraction of sp³-hybridized carbons (Fsp3) is 0.222. The van der Waals surface area contributed by atoms with Crippen LogP contribution in [0.15, 0.2) is 53.6 Å². The number of fused-ring (bicyclic) bond motifs is 1. The molecule has 0 spiro atoms. The molecule has 0 fully saturated rings. The average Bonchev–Trinajstić information content (AvgIpc) is 2.93. The molecular weight excluding hydrogens is 346 g/mol. The normalized spacial score (nSPS) is 12.2. The summed E-state index contributed by atoms with van der Waals surface area (Å²) >= 11 is 5.99. The van der Waals surface area contributed by atoms with E-state index >= 15 is 0 Å². The number of hydrogen-bond donors (Lipinski definition) is 1. The highest BCUT2D eigenvalue weighted by Crippen LogP contribution is 2.29. The average molecular weight is 364 g/mol. The molecule has 3 rings (SSSR count). The van der Waals surface area contributed by atoms with E-state index in [1.165, 1.54) is 10.2 Å². The van der Waals surface area contributed by atoms with Gasteiger partial charge >= 0.3 is 0 Å². The number of rotatable bonds is 4. The van der Waals surface area contributed by atoms with Gasteiger partial charge in [0.25, 0.3) is 10.0 Å². The van der Waals surface area contributed by atoms with Crippen molar-refractivity contribution in [3.05, 3.63) is 64.8 Å². The molecular formula is C18H18ClNO3S. The van der Waals surface area contributed by atoms with Crippen LogP contribution in [0.1, 0.15) is 30.9 Å². The number of benzene rings is 2. The van der Waals surface area contributed by atoms with Crippen molar-refractivity contribution >= 4 is 32.5 Å². The lowest BCUT2D eigenvalue weighted by Crippen LogP contribution is -2.12. The fourth-order valence-electron chi connectivity index (χ4n) is 2.70. The Morgan fingerprint density at radius 2 is 1.79 bits per heavy atom. The minimum Gasteiger partial charge on any atom is -0.392 e. The quantitative estimate of drug-likeness (QED) is 0.757. The second-order valence-electron chi connectivity index (χ2n) is 6.00. The van der Waals surface area contributed by atoms with Crippen LogP contribution in [0.4, 0.5) is 0 Å². The lowest BCUT2D eigenvalue weighted by atomic mass is 10.0. The monoisotopic (exact) mass is 363 g/mol. The van der Waals surface area contributed by atoms with E-state index in [1.54, 1.807) is 30.3 Å². The molecule has 6 heteroatoms. The summed E-state index contributed by atoms with van der Waals surface area (Å²) in [5, 5.41) is 10.6. The first-order valence-electron chi connectivity index (χ1n) is 7.60. The van der Waals surface area contributed by atoms with Crippen LogP contribution in [0.3, 0.4) is 0 Å². The van der Waals surface area contributed by atoms with Crippen molar-refractivity contribution in [3.63, 3.8) is 0 Å². The number of hydrogen-bond acceptors (Lipinski definition) is 3. The van der Waals surface area contributed by atoms with Crippen molar-refractivity contribution in [2.75, 3.05) is 0 Å². The van der Waals surface area contributed by atoms with Gasteiger partial charge in [0.15, 0.2) is 0 Å². The molecule has 3 aromatic rings. The standard InChI is InChI=1S/C18H18ClNO3S/c1-12(2)13-3-6-16(7-4-13)24(22,23)20-10-14(11-21)17-9-15(19)5-8-18(17)20/h3-10,12,21H,11H2,1-2H3. The van der Waals surface area contributed by atoms with Gasteiger partial charge in [-0.25, -0.2) is 12.4 Å². The molecule has 1 heterocycles. The maximum absolute atomic E-state index is 13.0. The molecule has 1 N–H and O–H groups in total. The van der Waals surface area contributed by atoms with Gasteiger partial charge in [0.2, 0.25) is 0 Å². The largest absolute Gasteiger partial charge is 0.392 e. The maximum Gasteiger partial charge on any atom is 0.268 e. The van der Waals surface area contributed by atoms with Gasteiger partial charge in [-0.1, -0.05) is 37.6 Å². The molecule has 4 nitrogen and oxygen atoms in total. The van der Waals surface area contributed by atoms with Crippen molar-refractivity contribution in [3.8, 4) is 0 Å². The van der Waals surface area contributed by atoms with Crippen molar-refractivity contribution < 1.29 is 13.5 Å². The summed E-state index contributed by atoms with van der Waals surface area (Å²) in [6.07, 6.45) is 1.45. The first-order valence-corrected chi connectivity index (χ1v) is 9.42. The lowest BCUT2D eigenvalue weighted by molar-refractivity contribution is 0.283. The molecule has 0 atom stereocenters. The Bertz CT molecular complexity index is 989. The smallest absolute Gasteiger partial charge is 0.268 e. The topological polar surface area (TPSA) is 59.3 Å². The Hall–Kier alpha value is -1.82. The number of halogens is 1. The number of nitrogens with zero attached hydrogens (tertiary/aromatic N) is 1. The number of aromatic nitrogens is 1. The van der Waals surface area contributed by atoms with E-state index in [0.717, 1.165) is 5.56 Å². The molecule has 0 aliphatic carbocycles. The van der Waals surface area contributed by atoms with E-state index in [-0.39, 0.29) is 11.5 Å². The Kier molecular flexibility index (Phi) is 4.42. The van der Waals surface area contributed by atoms with E-state index < -0.39 is 10.0 Å². The van der Waals surface area contributed by atoms with Crippen molar-refractivity contribution in [1.29, 1.82) is 0 Å². The molecule has 0 aliphatic rings. The second kappa shape index (κ2) is 6.24. The van der Waals surface area contributed by atoms with Gasteiger partial charge in [0.05, 0.1) is 17.0 Å². The van der Waals surface area contributed by atoms with Crippen LogP contribution >= 0.6 is 11.6 Å². The summed E-state index contributed by atoms with van der Waals surface area (Å²) in [6, 6.07) is 11.8. The number of aliphatic hydroxyl groups excluding tert-OH is 1.